The molecule has 0 atom stereocenters. The molecule has 1 fully saturated rings. The molecule has 0 radical (unpaired) electrons. The van der Waals surface area contributed by atoms with Crippen LogP contribution in [-0.4, -0.2) is 26.3 Å². The lowest BCUT2D eigenvalue weighted by Crippen LogP contribution is -2.54. The minimum Gasteiger partial charge on any atom is -0.270 e. The van der Waals surface area contributed by atoms with Gasteiger partial charge in [0.2, 0.25) is 0 Å². The summed E-state index contributed by atoms with van der Waals surface area (Å²) in [6.07, 6.45) is 0. The van der Waals surface area contributed by atoms with Crippen LogP contribution in [0, 0.1) is 11.8 Å². The molecule has 0 aromatic heterocycles. The fraction of sp³-hybridized carbons (Fsp3) is 0.778. The van der Waals surface area contributed by atoms with E-state index in [1.54, 1.807) is 0 Å². The number of hydrogen-bond donors (Lipinski definition) is 0. The third kappa shape index (κ3) is 1.42. The molecule has 0 aromatic rings. The Hall–Kier alpha value is -0.480. The van der Waals surface area contributed by atoms with Crippen LogP contribution in [0.3, 0.4) is 0 Å². The summed E-state index contributed by atoms with van der Waals surface area (Å²) in [4.78, 5) is 23.5. The first-order valence-corrected chi connectivity index (χ1v) is 5.45. The van der Waals surface area contributed by atoms with Crippen LogP contribution in [0.25, 0.3) is 0 Å². The van der Waals surface area contributed by atoms with Crippen LogP contribution in [-0.2, 0) is 4.79 Å². The highest BCUT2D eigenvalue weighted by Gasteiger charge is 2.60. The predicted octanol–water partition coefficient (Wildman–Crippen LogP) is 2.61. The van der Waals surface area contributed by atoms with Gasteiger partial charge in [0.05, 0.1) is 0 Å². The predicted molar refractivity (Wildman–Crippen MR) is 58.2 cm³/mol. The van der Waals surface area contributed by atoms with Crippen molar-refractivity contribution >= 4 is 35.5 Å². The van der Waals surface area contributed by atoms with Crippen molar-refractivity contribution < 1.29 is 9.59 Å². The first-order valence-electron chi connectivity index (χ1n) is 4.78. The highest BCUT2D eigenvalue weighted by Crippen LogP contribution is 2.42. The summed E-state index contributed by atoms with van der Waals surface area (Å²) >= 11 is 11.5. The molecule has 1 aliphatic rings. The Labute approximate surface area is 99.3 Å². The zero-order valence-corrected chi connectivity index (χ0v) is 10.6. The maximum absolute atomic E-state index is 12.0. The Morgan fingerprint density at radius 3 is 1.60 bits per heavy atom. The van der Waals surface area contributed by atoms with Gasteiger partial charge < -0.3 is 0 Å². The molecule has 4 nitrogen and oxygen atoms in total. The van der Waals surface area contributed by atoms with E-state index in [0.29, 0.717) is 4.42 Å². The highest BCUT2D eigenvalue weighted by atomic mass is 35.5. The van der Waals surface area contributed by atoms with Crippen molar-refractivity contribution in [3.63, 3.8) is 0 Å². The maximum atomic E-state index is 12.0. The molecule has 0 N–H and O–H groups in total. The molecular weight excluding hydrogens is 239 g/mol. The van der Waals surface area contributed by atoms with E-state index in [9.17, 15) is 9.59 Å². The minimum atomic E-state index is -1.04. The third-order valence-electron chi connectivity index (χ3n) is 2.94. The molecule has 0 bridgehead atoms. The lowest BCUT2D eigenvalue weighted by molar-refractivity contribution is -0.133. The molecule has 6 heteroatoms. The second-order valence-electron chi connectivity index (χ2n) is 4.28. The standard InChI is InChI=1S/C9H14Cl2N2O2/c1-5(2)9(6(3)4)7(14)12(10)8(15)13(9)11/h5-6H,1-4H3. The fourth-order valence-corrected chi connectivity index (χ4v) is 2.97. The number of amides is 3. The summed E-state index contributed by atoms with van der Waals surface area (Å²) in [5.41, 5.74) is -1.04. The topological polar surface area (TPSA) is 40.6 Å². The maximum Gasteiger partial charge on any atom is 0.357 e. The number of rotatable bonds is 2. The zero-order valence-electron chi connectivity index (χ0n) is 9.12. The van der Waals surface area contributed by atoms with Gasteiger partial charge in [-0.1, -0.05) is 27.7 Å². The van der Waals surface area contributed by atoms with Crippen LogP contribution >= 0.6 is 23.6 Å². The summed E-state index contributed by atoms with van der Waals surface area (Å²) in [6.45, 7) is 7.38. The number of carbonyl (C=O) groups is 2. The van der Waals surface area contributed by atoms with Gasteiger partial charge in [-0.2, -0.15) is 4.42 Å². The van der Waals surface area contributed by atoms with Gasteiger partial charge in [0, 0.05) is 23.6 Å². The monoisotopic (exact) mass is 252 g/mol. The van der Waals surface area contributed by atoms with Crippen molar-refractivity contribution in [1.82, 2.24) is 8.84 Å². The van der Waals surface area contributed by atoms with Crippen LogP contribution in [0.5, 0.6) is 0 Å². The molecule has 0 aromatic carbocycles. The van der Waals surface area contributed by atoms with Gasteiger partial charge in [-0.05, 0) is 11.8 Å². The van der Waals surface area contributed by atoms with E-state index in [1.165, 1.54) is 0 Å². The molecule has 1 aliphatic heterocycles. The molecule has 0 unspecified atom stereocenters. The van der Waals surface area contributed by atoms with Crippen LogP contribution in [0.2, 0.25) is 0 Å². The van der Waals surface area contributed by atoms with E-state index in [4.69, 9.17) is 23.6 Å². The number of imide groups is 1. The van der Waals surface area contributed by atoms with E-state index in [0.717, 1.165) is 4.42 Å². The molecule has 1 rings (SSSR count). The number of nitrogens with zero attached hydrogens (tertiary/aromatic N) is 2. The summed E-state index contributed by atoms with van der Waals surface area (Å²) < 4.78 is 1.49. The number of halogens is 2. The minimum absolute atomic E-state index is 0.102. The molecule has 1 heterocycles. The van der Waals surface area contributed by atoms with Crippen LogP contribution < -0.4 is 0 Å². The van der Waals surface area contributed by atoms with Gasteiger partial charge in [0.15, 0.2) is 0 Å². The van der Waals surface area contributed by atoms with Crippen LogP contribution in [0.15, 0.2) is 0 Å². The lowest BCUT2D eigenvalue weighted by atomic mass is 9.77. The average molecular weight is 253 g/mol. The van der Waals surface area contributed by atoms with E-state index in [2.05, 4.69) is 0 Å². The molecule has 0 saturated carbocycles. The molecule has 0 aliphatic carbocycles. The normalized spacial score (nSPS) is 21.1. The quantitative estimate of drug-likeness (QED) is 0.560. The van der Waals surface area contributed by atoms with Gasteiger partial charge >= 0.3 is 6.03 Å². The Bertz CT molecular complexity index is 296. The van der Waals surface area contributed by atoms with Crippen molar-refractivity contribution in [3.05, 3.63) is 0 Å². The molecule has 3 amide bonds. The second-order valence-corrected chi connectivity index (χ2v) is 4.96. The number of carbonyl (C=O) groups excluding carboxylic acids is 2. The van der Waals surface area contributed by atoms with E-state index in [1.807, 2.05) is 27.7 Å². The van der Waals surface area contributed by atoms with Gasteiger partial charge in [0.1, 0.15) is 5.54 Å². The Balaban J connectivity index is 3.31. The van der Waals surface area contributed by atoms with E-state index < -0.39 is 17.5 Å². The highest BCUT2D eigenvalue weighted by molar-refractivity contribution is 6.39. The SMILES string of the molecule is CC(C)C1(C(C)C)C(=O)N(Cl)C(=O)N1Cl. The fourth-order valence-electron chi connectivity index (χ4n) is 2.18. The summed E-state index contributed by atoms with van der Waals surface area (Å²) in [6, 6.07) is -0.675. The first-order chi connectivity index (χ1) is 6.77. The molecule has 86 valence electrons. The van der Waals surface area contributed by atoms with Crippen LogP contribution in [0.4, 0.5) is 4.79 Å². The molecule has 0 spiro atoms. The van der Waals surface area contributed by atoms with Crippen molar-refractivity contribution in [1.29, 1.82) is 0 Å². The molecule has 15 heavy (non-hydrogen) atoms. The Morgan fingerprint density at radius 1 is 1.07 bits per heavy atom. The zero-order chi connectivity index (χ0) is 12.0. The Morgan fingerprint density at radius 2 is 1.47 bits per heavy atom. The van der Waals surface area contributed by atoms with Crippen molar-refractivity contribution in [2.45, 2.75) is 33.2 Å². The van der Waals surface area contributed by atoms with Crippen LogP contribution in [0.1, 0.15) is 27.7 Å². The average Bonchev–Trinajstić information content (AvgIpc) is 2.29. The van der Waals surface area contributed by atoms with Gasteiger partial charge in [-0.25, -0.2) is 9.21 Å². The van der Waals surface area contributed by atoms with Gasteiger partial charge in [-0.15, -0.1) is 0 Å². The van der Waals surface area contributed by atoms with Crippen molar-refractivity contribution in [2.24, 2.45) is 11.8 Å². The summed E-state index contributed by atoms with van der Waals surface area (Å²) in [5, 5.41) is 0. The number of urea groups is 1. The van der Waals surface area contributed by atoms with Gasteiger partial charge in [0.25, 0.3) is 5.91 Å². The number of hydrogen-bond acceptors (Lipinski definition) is 2. The molecule has 1 saturated heterocycles. The third-order valence-corrected chi connectivity index (χ3v) is 3.66. The lowest BCUT2D eigenvalue weighted by Gasteiger charge is -2.37. The largest absolute Gasteiger partial charge is 0.357 e. The summed E-state index contributed by atoms with van der Waals surface area (Å²) in [5.74, 6) is -0.653. The summed E-state index contributed by atoms with van der Waals surface area (Å²) in [7, 11) is 0. The Kier molecular flexibility index (Phi) is 3.22. The second kappa shape index (κ2) is 3.83. The van der Waals surface area contributed by atoms with Crippen molar-refractivity contribution in [3.8, 4) is 0 Å². The van der Waals surface area contributed by atoms with Gasteiger partial charge in [-0.3, -0.25) is 4.79 Å². The smallest absolute Gasteiger partial charge is 0.270 e. The van der Waals surface area contributed by atoms with E-state index >= 15 is 0 Å². The van der Waals surface area contributed by atoms with Crippen molar-refractivity contribution in [2.75, 3.05) is 0 Å². The van der Waals surface area contributed by atoms with E-state index in [-0.39, 0.29) is 11.8 Å². The first kappa shape index (κ1) is 12.6. The molecular formula is C9H14Cl2N2O2.